The number of ether oxygens (including phenoxy) is 2. The van der Waals surface area contributed by atoms with Crippen LogP contribution >= 0.6 is 0 Å². The van der Waals surface area contributed by atoms with E-state index in [1.807, 2.05) is 18.2 Å². The molecule has 3 N–H and O–H groups in total. The van der Waals surface area contributed by atoms with E-state index >= 15 is 0 Å². The molecule has 0 bridgehead atoms. The zero-order chi connectivity index (χ0) is 20.6. The van der Waals surface area contributed by atoms with Crippen molar-refractivity contribution >= 4 is 21.7 Å². The molecular formula is C19H25N3O5S. The first kappa shape index (κ1) is 21.4. The molecule has 28 heavy (non-hydrogen) atoms. The van der Waals surface area contributed by atoms with Gasteiger partial charge >= 0.3 is 6.03 Å². The number of carbonyl (C=O) groups is 1. The topological polar surface area (TPSA) is 106 Å². The Bertz CT molecular complexity index is 916. The summed E-state index contributed by atoms with van der Waals surface area (Å²) in [6.07, 6.45) is 1.73. The lowest BCUT2D eigenvalue weighted by Gasteiger charge is -2.11. The predicted molar refractivity (Wildman–Crippen MR) is 108 cm³/mol. The third-order valence-electron chi connectivity index (χ3n) is 3.83. The SMILES string of the molecule is COc1ccc(CCNC(=O)NCc2cccc(NS(C)(=O)=O)c2)cc1OC. The van der Waals surface area contributed by atoms with E-state index in [1.165, 1.54) is 0 Å². The molecule has 0 spiro atoms. The molecule has 0 fully saturated rings. The van der Waals surface area contributed by atoms with E-state index < -0.39 is 10.0 Å². The van der Waals surface area contributed by atoms with Crippen LogP contribution in [0.15, 0.2) is 42.5 Å². The van der Waals surface area contributed by atoms with Crippen LogP contribution in [-0.4, -0.2) is 41.5 Å². The summed E-state index contributed by atoms with van der Waals surface area (Å²) in [5.41, 5.74) is 2.25. The fourth-order valence-electron chi connectivity index (χ4n) is 2.56. The van der Waals surface area contributed by atoms with Gasteiger partial charge in [-0.2, -0.15) is 0 Å². The van der Waals surface area contributed by atoms with Gasteiger partial charge < -0.3 is 20.1 Å². The van der Waals surface area contributed by atoms with Gasteiger partial charge in [-0.1, -0.05) is 18.2 Å². The van der Waals surface area contributed by atoms with Gasteiger partial charge in [-0.05, 0) is 41.8 Å². The Morgan fingerprint density at radius 1 is 0.964 bits per heavy atom. The third kappa shape index (κ3) is 6.99. The van der Waals surface area contributed by atoms with Crippen molar-refractivity contribution < 1.29 is 22.7 Å². The summed E-state index contributed by atoms with van der Waals surface area (Å²) in [6, 6.07) is 12.2. The number of carbonyl (C=O) groups excluding carboxylic acids is 1. The van der Waals surface area contributed by atoms with Crippen LogP contribution in [0.2, 0.25) is 0 Å². The number of rotatable bonds is 9. The fourth-order valence-corrected chi connectivity index (χ4v) is 3.12. The van der Waals surface area contributed by atoms with E-state index in [4.69, 9.17) is 9.47 Å². The van der Waals surface area contributed by atoms with Crippen molar-refractivity contribution in [3.05, 3.63) is 53.6 Å². The van der Waals surface area contributed by atoms with E-state index in [9.17, 15) is 13.2 Å². The van der Waals surface area contributed by atoms with Crippen LogP contribution in [0.1, 0.15) is 11.1 Å². The second-order valence-electron chi connectivity index (χ2n) is 6.12. The lowest BCUT2D eigenvalue weighted by Crippen LogP contribution is -2.36. The lowest BCUT2D eigenvalue weighted by atomic mass is 10.1. The number of anilines is 1. The van der Waals surface area contributed by atoms with E-state index in [0.717, 1.165) is 17.4 Å². The molecule has 0 saturated carbocycles. The minimum absolute atomic E-state index is 0.279. The minimum atomic E-state index is -3.34. The normalized spacial score (nSPS) is 10.8. The quantitative estimate of drug-likeness (QED) is 0.590. The molecule has 9 heteroatoms. The highest BCUT2D eigenvalue weighted by Crippen LogP contribution is 2.27. The van der Waals surface area contributed by atoms with E-state index in [0.29, 0.717) is 30.2 Å². The summed E-state index contributed by atoms with van der Waals surface area (Å²) in [7, 11) is -0.183. The van der Waals surface area contributed by atoms with Crippen LogP contribution in [0.3, 0.4) is 0 Å². The van der Waals surface area contributed by atoms with Crippen molar-refractivity contribution in [1.82, 2.24) is 10.6 Å². The molecule has 0 aromatic heterocycles. The zero-order valence-electron chi connectivity index (χ0n) is 16.1. The number of hydrogen-bond donors (Lipinski definition) is 3. The van der Waals surface area contributed by atoms with Gasteiger partial charge in [0.2, 0.25) is 10.0 Å². The summed E-state index contributed by atoms with van der Waals surface area (Å²) in [5.74, 6) is 1.30. The Morgan fingerprint density at radius 2 is 1.71 bits per heavy atom. The smallest absolute Gasteiger partial charge is 0.315 e. The number of urea groups is 1. The maximum absolute atomic E-state index is 12.0. The van der Waals surface area contributed by atoms with Crippen molar-refractivity contribution in [1.29, 1.82) is 0 Å². The molecule has 0 aliphatic carbocycles. The first-order valence-electron chi connectivity index (χ1n) is 8.60. The van der Waals surface area contributed by atoms with Crippen molar-refractivity contribution in [3.8, 4) is 11.5 Å². The number of sulfonamides is 1. The molecule has 0 aliphatic rings. The van der Waals surface area contributed by atoms with Gasteiger partial charge in [0.25, 0.3) is 0 Å². The third-order valence-corrected chi connectivity index (χ3v) is 4.44. The second kappa shape index (κ2) is 9.84. The van der Waals surface area contributed by atoms with Gasteiger partial charge in [0.05, 0.1) is 20.5 Å². The Balaban J connectivity index is 1.80. The molecule has 0 heterocycles. The number of methoxy groups -OCH3 is 2. The summed E-state index contributed by atoms with van der Waals surface area (Å²) >= 11 is 0. The van der Waals surface area contributed by atoms with Crippen LogP contribution in [-0.2, 0) is 23.0 Å². The Labute approximate surface area is 165 Å². The summed E-state index contributed by atoms with van der Waals surface area (Å²) in [5, 5.41) is 5.53. The highest BCUT2D eigenvalue weighted by Gasteiger charge is 2.06. The number of benzene rings is 2. The van der Waals surface area contributed by atoms with E-state index in [2.05, 4.69) is 15.4 Å². The Kier molecular flexibility index (Phi) is 7.51. The molecule has 8 nitrogen and oxygen atoms in total. The fraction of sp³-hybridized carbons (Fsp3) is 0.316. The Hall–Kier alpha value is -2.94. The van der Waals surface area contributed by atoms with Gasteiger partial charge in [-0.25, -0.2) is 13.2 Å². The molecule has 2 aromatic carbocycles. The van der Waals surface area contributed by atoms with Gasteiger partial charge in [-0.3, -0.25) is 4.72 Å². The second-order valence-corrected chi connectivity index (χ2v) is 7.87. The van der Waals surface area contributed by atoms with Gasteiger partial charge in [0, 0.05) is 18.8 Å². The molecule has 2 amide bonds. The largest absolute Gasteiger partial charge is 0.493 e. The monoisotopic (exact) mass is 407 g/mol. The first-order valence-corrected chi connectivity index (χ1v) is 10.5. The standard InChI is InChI=1S/C19H25N3O5S/c1-26-17-8-7-14(12-18(17)27-2)9-10-20-19(23)21-13-15-5-4-6-16(11-15)22-28(3,24)25/h4-8,11-12,22H,9-10,13H2,1-3H3,(H2,20,21,23). The highest BCUT2D eigenvalue weighted by molar-refractivity contribution is 7.92. The molecule has 0 aliphatic heterocycles. The molecule has 0 unspecified atom stereocenters. The minimum Gasteiger partial charge on any atom is -0.493 e. The number of nitrogens with one attached hydrogen (secondary N) is 3. The van der Waals surface area contributed by atoms with Crippen LogP contribution < -0.4 is 24.8 Å². The van der Waals surface area contributed by atoms with Crippen molar-refractivity contribution in [2.24, 2.45) is 0 Å². The molecule has 0 radical (unpaired) electrons. The number of hydrogen-bond acceptors (Lipinski definition) is 5. The zero-order valence-corrected chi connectivity index (χ0v) is 16.9. The summed E-state index contributed by atoms with van der Waals surface area (Å²) in [6.45, 7) is 0.735. The molecule has 0 saturated heterocycles. The van der Waals surface area contributed by atoms with Gasteiger partial charge in [0.15, 0.2) is 11.5 Å². The maximum Gasteiger partial charge on any atom is 0.315 e. The van der Waals surface area contributed by atoms with E-state index in [-0.39, 0.29) is 12.6 Å². The van der Waals surface area contributed by atoms with Crippen LogP contribution in [0, 0.1) is 0 Å². The summed E-state index contributed by atoms with van der Waals surface area (Å²) in [4.78, 5) is 12.0. The van der Waals surface area contributed by atoms with E-state index in [1.54, 1.807) is 38.5 Å². The molecule has 152 valence electrons. The van der Waals surface area contributed by atoms with Crippen LogP contribution in [0.5, 0.6) is 11.5 Å². The van der Waals surface area contributed by atoms with Crippen molar-refractivity contribution in [2.75, 3.05) is 31.7 Å². The lowest BCUT2D eigenvalue weighted by molar-refractivity contribution is 0.240. The average Bonchev–Trinajstić information content (AvgIpc) is 2.65. The van der Waals surface area contributed by atoms with Crippen LogP contribution in [0.25, 0.3) is 0 Å². The first-order chi connectivity index (χ1) is 13.3. The predicted octanol–water partition coefficient (Wildman–Crippen LogP) is 2.12. The molecule has 2 rings (SSSR count). The van der Waals surface area contributed by atoms with Gasteiger partial charge in [-0.15, -0.1) is 0 Å². The molecular weight excluding hydrogens is 382 g/mol. The maximum atomic E-state index is 12.0. The highest BCUT2D eigenvalue weighted by atomic mass is 32.2. The van der Waals surface area contributed by atoms with Gasteiger partial charge in [0.1, 0.15) is 0 Å². The average molecular weight is 407 g/mol. The molecule has 2 aromatic rings. The van der Waals surface area contributed by atoms with Crippen LogP contribution in [0.4, 0.5) is 10.5 Å². The van der Waals surface area contributed by atoms with Crippen molar-refractivity contribution in [3.63, 3.8) is 0 Å². The number of amides is 2. The molecule has 0 atom stereocenters. The van der Waals surface area contributed by atoms with Crippen molar-refractivity contribution in [2.45, 2.75) is 13.0 Å². The summed E-state index contributed by atoms with van der Waals surface area (Å²) < 4.78 is 35.4. The Morgan fingerprint density at radius 3 is 2.39 bits per heavy atom.